The van der Waals surface area contributed by atoms with Crippen LogP contribution in [-0.2, 0) is 25.8 Å². The van der Waals surface area contributed by atoms with Gasteiger partial charge >= 0.3 is 6.18 Å². The van der Waals surface area contributed by atoms with Gasteiger partial charge in [0.15, 0.2) is 0 Å². The molecule has 0 saturated carbocycles. The van der Waals surface area contributed by atoms with Crippen molar-refractivity contribution < 1.29 is 13.2 Å². The molecule has 0 amide bonds. The molecular formula is C75H69Cl2F3N14O3. The molecule has 0 unspecified atom stereocenters. The third-order valence-electron chi connectivity index (χ3n) is 18.5. The Morgan fingerprint density at radius 3 is 1.27 bits per heavy atom. The lowest BCUT2D eigenvalue weighted by atomic mass is 10.0. The van der Waals surface area contributed by atoms with Gasteiger partial charge in [-0.3, -0.25) is 47.1 Å². The number of pyridine rings is 5. The first kappa shape index (κ1) is 64.5. The van der Waals surface area contributed by atoms with Crippen molar-refractivity contribution in [1.82, 2.24) is 67.7 Å². The van der Waals surface area contributed by atoms with Crippen molar-refractivity contribution in [1.29, 1.82) is 0 Å². The molecule has 0 radical (unpaired) electrons. The summed E-state index contributed by atoms with van der Waals surface area (Å²) < 4.78 is 49.6. The summed E-state index contributed by atoms with van der Waals surface area (Å²) in [5.41, 5.74) is 9.06. The first-order chi connectivity index (χ1) is 47.2. The van der Waals surface area contributed by atoms with E-state index in [0.29, 0.717) is 21.8 Å². The first-order valence-electron chi connectivity index (χ1n) is 32.8. The maximum absolute atomic E-state index is 13.0. The molecule has 3 saturated heterocycles. The maximum atomic E-state index is 13.0. The minimum Gasteiger partial charge on any atom is -0.301 e. The van der Waals surface area contributed by atoms with Crippen molar-refractivity contribution in [3.05, 3.63) is 248 Å². The van der Waals surface area contributed by atoms with Crippen LogP contribution in [0, 0.1) is 0 Å². The van der Waals surface area contributed by atoms with Gasteiger partial charge in [-0.1, -0.05) is 53.5 Å². The topological polar surface area (TPSA) is 155 Å². The van der Waals surface area contributed by atoms with Crippen LogP contribution in [0.3, 0.4) is 0 Å². The highest BCUT2D eigenvalue weighted by molar-refractivity contribution is 6.33. The number of hydrogen-bond acceptors (Lipinski definition) is 11. The molecule has 0 aliphatic carbocycles. The van der Waals surface area contributed by atoms with Gasteiger partial charge in [-0.25, -0.2) is 4.98 Å². The van der Waals surface area contributed by atoms with Gasteiger partial charge in [0.25, 0.3) is 16.7 Å². The van der Waals surface area contributed by atoms with E-state index >= 15 is 0 Å². The van der Waals surface area contributed by atoms with Crippen LogP contribution in [0.25, 0.3) is 94.3 Å². The number of fused-ring (bicyclic) bond motifs is 4. The molecule has 0 atom stereocenters. The molecule has 17 nitrogen and oxygen atoms in total. The van der Waals surface area contributed by atoms with Gasteiger partial charge in [-0.05, 0) is 193 Å². The van der Waals surface area contributed by atoms with E-state index in [4.69, 9.17) is 28.2 Å². The molecule has 492 valence electrons. The SMILES string of the molecule is O=c1cc(-c2ccc(C(F)(F)F)cc2Cl)ccn1-c1ccc2c(cnn2CCN2CCCC2)c1.O=c1cc(-c2ccc(Cl)cn2)ccn1-c1ccc2c(cnn2CCN2CCCC2)c1.O=c1cc(-c2ccc3ccccc3n2)ccn1-c1ccc2c(cnn2CCN2CCCC2)c1. The average Bonchev–Trinajstić information content (AvgIpc) is 1.80. The first-order valence-corrected chi connectivity index (χ1v) is 33.6. The van der Waals surface area contributed by atoms with Gasteiger partial charge in [0.2, 0.25) is 0 Å². The van der Waals surface area contributed by atoms with Crippen LogP contribution in [0.15, 0.2) is 215 Å². The highest BCUT2D eigenvalue weighted by Crippen LogP contribution is 2.36. The van der Waals surface area contributed by atoms with Crippen LogP contribution < -0.4 is 16.7 Å². The van der Waals surface area contributed by atoms with Crippen LogP contribution >= 0.6 is 23.2 Å². The summed E-state index contributed by atoms with van der Waals surface area (Å²) in [4.78, 5) is 55.0. The van der Waals surface area contributed by atoms with E-state index in [1.54, 1.807) is 58.2 Å². The minimum absolute atomic E-state index is 0.0604. The molecule has 13 aromatic rings. The van der Waals surface area contributed by atoms with E-state index in [0.717, 1.165) is 142 Å². The second-order valence-electron chi connectivity index (χ2n) is 24.8. The predicted molar refractivity (Wildman–Crippen MR) is 377 cm³/mol. The van der Waals surface area contributed by atoms with Crippen molar-refractivity contribution in [2.75, 3.05) is 58.9 Å². The van der Waals surface area contributed by atoms with Crippen LogP contribution in [0.1, 0.15) is 44.1 Å². The summed E-state index contributed by atoms with van der Waals surface area (Å²) >= 11 is 12.0. The number of nitrogens with zero attached hydrogens (tertiary/aromatic N) is 14. The second kappa shape index (κ2) is 28.5. The van der Waals surface area contributed by atoms with Gasteiger partial charge < -0.3 is 14.7 Å². The minimum atomic E-state index is -4.48. The Hall–Kier alpha value is -9.83. The fraction of sp³-hybridized carbons (Fsp3) is 0.253. The number of hydrogen-bond donors (Lipinski definition) is 0. The number of halogens is 5. The molecule has 11 heterocycles. The van der Waals surface area contributed by atoms with Gasteiger partial charge in [0.05, 0.1) is 82.3 Å². The molecule has 0 bridgehead atoms. The van der Waals surface area contributed by atoms with Crippen LogP contribution in [0.4, 0.5) is 13.2 Å². The Morgan fingerprint density at radius 1 is 0.402 bits per heavy atom. The van der Waals surface area contributed by atoms with Crippen molar-refractivity contribution in [2.24, 2.45) is 0 Å². The number of alkyl halides is 3. The molecule has 8 aromatic heterocycles. The Kier molecular flexibility index (Phi) is 18.9. The zero-order valence-electron chi connectivity index (χ0n) is 53.2. The van der Waals surface area contributed by atoms with E-state index in [2.05, 4.69) is 50.4 Å². The van der Waals surface area contributed by atoms with Crippen LogP contribution in [0.5, 0.6) is 0 Å². The summed E-state index contributed by atoms with van der Waals surface area (Å²) in [5, 5.41) is 18.3. The van der Waals surface area contributed by atoms with Crippen molar-refractivity contribution in [2.45, 2.75) is 64.3 Å². The average molecular weight is 1340 g/mol. The highest BCUT2D eigenvalue weighted by atomic mass is 35.5. The summed E-state index contributed by atoms with van der Waals surface area (Å²) in [5.74, 6) is 0. The fourth-order valence-electron chi connectivity index (χ4n) is 13.2. The van der Waals surface area contributed by atoms with Crippen molar-refractivity contribution in [3.63, 3.8) is 0 Å². The molecule has 97 heavy (non-hydrogen) atoms. The van der Waals surface area contributed by atoms with Gasteiger partial charge in [0.1, 0.15) is 0 Å². The van der Waals surface area contributed by atoms with Crippen LogP contribution in [-0.4, -0.2) is 127 Å². The molecule has 3 fully saturated rings. The zero-order valence-corrected chi connectivity index (χ0v) is 54.7. The molecule has 3 aliphatic heterocycles. The monoisotopic (exact) mass is 1340 g/mol. The standard InChI is InChI=1S/C27H25N5O.C25H22ClF3N4O.C23H22ClN5O/c33-27-18-21(25-9-7-20-5-1-2-6-24(20)29-25)11-14-31(27)23-8-10-26-22(17-23)19-28-32(26)16-15-30-12-3-4-13-30;26-22-15-19(25(27,28)29)3-5-21(22)17-7-10-32(24(34)14-17)20-4-6-23-18(13-20)16-30-33(23)12-11-31-8-1-2-9-31;24-19-3-5-21(25-16-19)17-7-10-28(23(30)14-17)20-4-6-22-18(13-20)15-26-29(22)12-11-27-8-1-2-9-27/h1-2,5-11,14,17-19H,3-4,12-13,15-16H2;3-7,10,13-16H,1-2,8-9,11-12H2;3-7,10,13-16H,1-2,8-9,11-12H2. The van der Waals surface area contributed by atoms with Gasteiger partial charge in [-0.2, -0.15) is 28.5 Å². The molecule has 5 aromatic carbocycles. The summed E-state index contributed by atoms with van der Waals surface area (Å²) in [7, 11) is 0. The molecule has 0 N–H and O–H groups in total. The van der Waals surface area contributed by atoms with Gasteiger partial charge in [0, 0.05) is 123 Å². The fourth-order valence-corrected chi connectivity index (χ4v) is 13.6. The quantitative estimate of drug-likeness (QED) is 0.0963. The van der Waals surface area contributed by atoms with Gasteiger partial charge in [-0.15, -0.1) is 0 Å². The smallest absolute Gasteiger partial charge is 0.301 e. The van der Waals surface area contributed by atoms with Crippen molar-refractivity contribution >= 4 is 66.8 Å². The molecule has 3 aliphatic rings. The van der Waals surface area contributed by atoms with E-state index in [1.807, 2.05) is 126 Å². The lowest BCUT2D eigenvalue weighted by molar-refractivity contribution is -0.137. The molecule has 16 rings (SSSR count). The third-order valence-corrected chi connectivity index (χ3v) is 19.0. The molecule has 0 spiro atoms. The molecular weight excluding hydrogens is 1270 g/mol. The number of rotatable bonds is 15. The highest BCUT2D eigenvalue weighted by Gasteiger charge is 2.31. The van der Waals surface area contributed by atoms with E-state index < -0.39 is 11.7 Å². The number of likely N-dealkylation sites (tertiary alicyclic amines) is 3. The summed E-state index contributed by atoms with van der Waals surface area (Å²) in [6.07, 6.45) is 15.6. The molecule has 22 heteroatoms. The Labute approximate surface area is 566 Å². The van der Waals surface area contributed by atoms with E-state index in [-0.39, 0.29) is 21.7 Å². The summed E-state index contributed by atoms with van der Waals surface area (Å²) in [6.45, 7) is 12.6. The van der Waals surface area contributed by atoms with Crippen molar-refractivity contribution in [3.8, 4) is 50.7 Å². The number of benzene rings is 5. The number of aromatic nitrogens is 11. The largest absolute Gasteiger partial charge is 0.416 e. The zero-order chi connectivity index (χ0) is 66.6. The summed E-state index contributed by atoms with van der Waals surface area (Å²) in [6, 6.07) is 46.7. The van der Waals surface area contributed by atoms with E-state index in [1.165, 1.54) is 81.4 Å². The van der Waals surface area contributed by atoms with Crippen LogP contribution in [0.2, 0.25) is 10.0 Å². The third kappa shape index (κ3) is 14.6. The predicted octanol–water partition coefficient (Wildman–Crippen LogP) is 14.1. The lowest BCUT2D eigenvalue weighted by Crippen LogP contribution is -2.24. The Balaban J connectivity index is 0.000000125. The lowest BCUT2D eigenvalue weighted by Gasteiger charge is -2.14. The Morgan fingerprint density at radius 2 is 0.835 bits per heavy atom. The second-order valence-corrected chi connectivity index (χ2v) is 25.6. The number of para-hydroxylation sites is 1. The maximum Gasteiger partial charge on any atom is 0.416 e. The van der Waals surface area contributed by atoms with E-state index in [9.17, 15) is 27.6 Å². The normalized spacial score (nSPS) is 14.6. The Bertz CT molecular complexity index is 5180.